The fourth-order valence-electron chi connectivity index (χ4n) is 2.20. The molecular weight excluding hydrogens is 322 g/mol. The molecule has 1 N–H and O–H groups in total. The zero-order chi connectivity index (χ0) is 15.4. The fraction of sp³-hybridized carbons (Fsp3) is 0.583. The molecular formula is C12H17N7OS2. The van der Waals surface area contributed by atoms with Crippen molar-refractivity contribution in [2.45, 2.75) is 13.3 Å². The maximum Gasteiger partial charge on any atom is 0.240 e. The maximum atomic E-state index is 11.9. The van der Waals surface area contributed by atoms with Gasteiger partial charge in [0.05, 0.1) is 6.54 Å². The zero-order valence-electron chi connectivity index (χ0n) is 12.2. The van der Waals surface area contributed by atoms with E-state index in [1.807, 2.05) is 0 Å². The van der Waals surface area contributed by atoms with Gasteiger partial charge in [-0.25, -0.2) is 4.98 Å². The number of piperazine rings is 1. The highest BCUT2D eigenvalue weighted by molar-refractivity contribution is 7.13. The number of aromatic nitrogens is 4. The summed E-state index contributed by atoms with van der Waals surface area (Å²) in [5.74, 6) is 0.855. The molecule has 8 nitrogen and oxygen atoms in total. The zero-order valence-corrected chi connectivity index (χ0v) is 13.9. The summed E-state index contributed by atoms with van der Waals surface area (Å²) >= 11 is 2.77. The predicted octanol–water partition coefficient (Wildman–Crippen LogP) is 0.713. The van der Waals surface area contributed by atoms with Gasteiger partial charge in [0.25, 0.3) is 0 Å². The molecule has 0 aromatic carbocycles. The average molecular weight is 339 g/mol. The van der Waals surface area contributed by atoms with E-state index in [4.69, 9.17) is 0 Å². The number of hydrogen-bond donors (Lipinski definition) is 1. The first-order valence-electron chi connectivity index (χ1n) is 7.10. The van der Waals surface area contributed by atoms with Gasteiger partial charge >= 0.3 is 0 Å². The van der Waals surface area contributed by atoms with Gasteiger partial charge in [-0.05, 0) is 0 Å². The van der Waals surface area contributed by atoms with Crippen LogP contribution in [-0.2, 0) is 11.2 Å². The monoisotopic (exact) mass is 339 g/mol. The smallest absolute Gasteiger partial charge is 0.240 e. The van der Waals surface area contributed by atoms with E-state index in [9.17, 15) is 4.79 Å². The van der Waals surface area contributed by atoms with E-state index in [0.29, 0.717) is 11.7 Å². The normalized spacial score (nSPS) is 16.0. The van der Waals surface area contributed by atoms with Gasteiger partial charge in [-0.2, -0.15) is 4.37 Å². The van der Waals surface area contributed by atoms with Crippen molar-refractivity contribution in [1.29, 1.82) is 0 Å². The average Bonchev–Trinajstić information content (AvgIpc) is 3.19. The van der Waals surface area contributed by atoms with Crippen molar-refractivity contribution in [1.82, 2.24) is 24.5 Å². The Balaban J connectivity index is 1.46. The molecule has 1 aliphatic rings. The molecule has 1 fully saturated rings. The van der Waals surface area contributed by atoms with Crippen molar-refractivity contribution in [3.05, 3.63) is 11.3 Å². The number of rotatable bonds is 5. The molecule has 2 aromatic heterocycles. The summed E-state index contributed by atoms with van der Waals surface area (Å²) in [5, 5.41) is 11.8. The molecule has 0 bridgehead atoms. The van der Waals surface area contributed by atoms with Gasteiger partial charge in [0, 0.05) is 44.1 Å². The molecule has 1 saturated heterocycles. The molecule has 10 heteroatoms. The second-order valence-electron chi connectivity index (χ2n) is 4.90. The summed E-state index contributed by atoms with van der Waals surface area (Å²) in [7, 11) is 0. The van der Waals surface area contributed by atoms with Crippen LogP contribution in [0.1, 0.15) is 12.7 Å². The topological polar surface area (TPSA) is 87.1 Å². The van der Waals surface area contributed by atoms with Crippen LogP contribution < -0.4 is 10.2 Å². The molecule has 0 atom stereocenters. The fourth-order valence-corrected chi connectivity index (χ4v) is 3.47. The number of carbonyl (C=O) groups excluding carboxylic acids is 1. The van der Waals surface area contributed by atoms with Crippen LogP contribution in [0.4, 0.5) is 10.3 Å². The highest BCUT2D eigenvalue weighted by Crippen LogP contribution is 2.19. The third-order valence-electron chi connectivity index (χ3n) is 3.39. The molecule has 0 aliphatic carbocycles. The Labute approximate surface area is 136 Å². The lowest BCUT2D eigenvalue weighted by molar-refractivity contribution is -0.117. The lowest BCUT2D eigenvalue weighted by Gasteiger charge is -2.33. The van der Waals surface area contributed by atoms with E-state index >= 15 is 0 Å². The van der Waals surface area contributed by atoms with Crippen LogP contribution in [0.25, 0.3) is 0 Å². The number of anilines is 2. The van der Waals surface area contributed by atoms with Crippen molar-refractivity contribution in [2.24, 2.45) is 0 Å². The van der Waals surface area contributed by atoms with E-state index in [0.717, 1.165) is 43.6 Å². The highest BCUT2D eigenvalue weighted by Gasteiger charge is 2.21. The standard InChI is InChI=1S/C12H17N7OS2/c1-2-9-14-12(22-17-9)19-5-3-18(4-6-19)7-10(20)15-11-16-13-8-21-11/h8H,2-7H2,1H3,(H,15,16,20). The molecule has 2 aromatic rings. The van der Waals surface area contributed by atoms with Crippen LogP contribution in [0.5, 0.6) is 0 Å². The van der Waals surface area contributed by atoms with Crippen LogP contribution in [0.3, 0.4) is 0 Å². The molecule has 3 rings (SSSR count). The highest BCUT2D eigenvalue weighted by atomic mass is 32.1. The first-order chi connectivity index (χ1) is 10.7. The molecule has 1 amide bonds. The molecule has 0 radical (unpaired) electrons. The Bertz CT molecular complexity index is 607. The molecule has 0 spiro atoms. The summed E-state index contributed by atoms with van der Waals surface area (Å²) in [5.41, 5.74) is 1.60. The molecule has 118 valence electrons. The van der Waals surface area contributed by atoms with Gasteiger partial charge in [0.1, 0.15) is 11.3 Å². The predicted molar refractivity (Wildman–Crippen MR) is 86.5 cm³/mol. The van der Waals surface area contributed by atoms with Crippen LogP contribution >= 0.6 is 22.9 Å². The summed E-state index contributed by atoms with van der Waals surface area (Å²) in [4.78, 5) is 20.8. The van der Waals surface area contributed by atoms with E-state index in [1.54, 1.807) is 5.51 Å². The van der Waals surface area contributed by atoms with E-state index in [1.165, 1.54) is 22.9 Å². The number of nitrogens with zero attached hydrogens (tertiary/aromatic N) is 6. The number of carbonyl (C=O) groups is 1. The number of nitrogens with one attached hydrogen (secondary N) is 1. The van der Waals surface area contributed by atoms with Crippen LogP contribution in [0, 0.1) is 0 Å². The van der Waals surface area contributed by atoms with Crippen LogP contribution in [-0.4, -0.2) is 63.1 Å². The first-order valence-corrected chi connectivity index (χ1v) is 8.76. The van der Waals surface area contributed by atoms with Gasteiger partial charge in [-0.1, -0.05) is 18.3 Å². The SMILES string of the molecule is CCc1nsc(N2CCN(CC(=O)Nc3nncs3)CC2)n1. The molecule has 0 saturated carbocycles. The second-order valence-corrected chi connectivity index (χ2v) is 6.47. The van der Waals surface area contributed by atoms with Crippen molar-refractivity contribution in [3.63, 3.8) is 0 Å². The maximum absolute atomic E-state index is 11.9. The van der Waals surface area contributed by atoms with E-state index in [-0.39, 0.29) is 5.91 Å². The number of hydrogen-bond acceptors (Lipinski definition) is 9. The summed E-state index contributed by atoms with van der Waals surface area (Å²) in [6, 6.07) is 0. The van der Waals surface area contributed by atoms with Crippen LogP contribution in [0.2, 0.25) is 0 Å². The van der Waals surface area contributed by atoms with E-state index in [2.05, 4.69) is 41.6 Å². The minimum Gasteiger partial charge on any atom is -0.344 e. The minimum absolute atomic E-state index is 0.0469. The van der Waals surface area contributed by atoms with Gasteiger partial charge in [-0.15, -0.1) is 10.2 Å². The summed E-state index contributed by atoms with van der Waals surface area (Å²) in [6.07, 6.45) is 0.863. The second kappa shape index (κ2) is 7.07. The Hall–Kier alpha value is -1.65. The van der Waals surface area contributed by atoms with Crippen molar-refractivity contribution in [2.75, 3.05) is 42.9 Å². The summed E-state index contributed by atoms with van der Waals surface area (Å²) < 4.78 is 4.32. The third-order valence-corrected chi connectivity index (χ3v) is 4.81. The Morgan fingerprint density at radius 1 is 1.36 bits per heavy atom. The quantitative estimate of drug-likeness (QED) is 0.858. The van der Waals surface area contributed by atoms with Crippen molar-refractivity contribution >= 4 is 39.0 Å². The van der Waals surface area contributed by atoms with Crippen LogP contribution in [0.15, 0.2) is 5.51 Å². The molecule has 3 heterocycles. The van der Waals surface area contributed by atoms with Gasteiger partial charge < -0.3 is 4.90 Å². The minimum atomic E-state index is -0.0469. The Morgan fingerprint density at radius 2 is 2.18 bits per heavy atom. The Kier molecular flexibility index (Phi) is 4.90. The lowest BCUT2D eigenvalue weighted by Crippen LogP contribution is -2.48. The lowest BCUT2D eigenvalue weighted by atomic mass is 10.3. The number of amides is 1. The van der Waals surface area contributed by atoms with Gasteiger partial charge in [-0.3, -0.25) is 15.0 Å². The first kappa shape index (κ1) is 15.3. The Morgan fingerprint density at radius 3 is 2.82 bits per heavy atom. The molecule has 22 heavy (non-hydrogen) atoms. The molecule has 1 aliphatic heterocycles. The molecule has 0 unspecified atom stereocenters. The van der Waals surface area contributed by atoms with E-state index < -0.39 is 0 Å². The largest absolute Gasteiger partial charge is 0.344 e. The van der Waals surface area contributed by atoms with Gasteiger partial charge in [0.15, 0.2) is 0 Å². The van der Waals surface area contributed by atoms with Gasteiger partial charge in [0.2, 0.25) is 16.2 Å². The van der Waals surface area contributed by atoms with Crippen molar-refractivity contribution in [3.8, 4) is 0 Å². The third kappa shape index (κ3) is 3.76. The number of aryl methyl sites for hydroxylation is 1. The van der Waals surface area contributed by atoms with Crippen molar-refractivity contribution < 1.29 is 4.79 Å². The summed E-state index contributed by atoms with van der Waals surface area (Å²) in [6.45, 7) is 5.84.